The molecule has 6 heteroatoms. The Balaban J connectivity index is 1.53. The second-order valence-electron chi connectivity index (χ2n) is 6.88. The van der Waals surface area contributed by atoms with Gasteiger partial charge >= 0.3 is 0 Å². The molecule has 3 rings (SSSR count). The second-order valence-corrected chi connectivity index (χ2v) is 7.82. The summed E-state index contributed by atoms with van der Waals surface area (Å²) in [5.74, 6) is 3.51. The zero-order valence-electron chi connectivity index (χ0n) is 13.7. The molecule has 2 fully saturated rings. The van der Waals surface area contributed by atoms with Crippen molar-refractivity contribution in [3.05, 3.63) is 5.82 Å². The van der Waals surface area contributed by atoms with Crippen molar-refractivity contribution in [3.8, 4) is 0 Å². The van der Waals surface area contributed by atoms with Gasteiger partial charge in [-0.3, -0.25) is 4.79 Å². The Morgan fingerprint density at radius 1 is 1.36 bits per heavy atom. The number of rotatable bonds is 6. The van der Waals surface area contributed by atoms with Crippen LogP contribution in [0.2, 0.25) is 0 Å². The average molecular weight is 322 g/mol. The molecular formula is C16H26N4OS. The molecule has 2 bridgehead atoms. The first-order chi connectivity index (χ1) is 10.6. The summed E-state index contributed by atoms with van der Waals surface area (Å²) in [6, 6.07) is 0.419. The highest BCUT2D eigenvalue weighted by molar-refractivity contribution is 7.99. The molecule has 1 aromatic rings. The van der Waals surface area contributed by atoms with Crippen molar-refractivity contribution in [1.29, 1.82) is 0 Å². The molecule has 0 saturated heterocycles. The van der Waals surface area contributed by atoms with Crippen LogP contribution >= 0.6 is 11.8 Å². The maximum atomic E-state index is 12.2. The molecule has 3 atom stereocenters. The van der Waals surface area contributed by atoms with Gasteiger partial charge in [0.2, 0.25) is 5.91 Å². The number of aromatic nitrogens is 3. The number of hydrogen-bond donors (Lipinski definition) is 1. The largest absolute Gasteiger partial charge is 0.352 e. The summed E-state index contributed by atoms with van der Waals surface area (Å²) < 4.78 is 2.11. The van der Waals surface area contributed by atoms with Crippen LogP contribution in [0.3, 0.4) is 0 Å². The Morgan fingerprint density at radius 2 is 2.18 bits per heavy atom. The number of carbonyl (C=O) groups excluding carboxylic acids is 1. The van der Waals surface area contributed by atoms with E-state index < -0.39 is 0 Å². The van der Waals surface area contributed by atoms with Gasteiger partial charge in [0.25, 0.3) is 0 Å². The SMILES string of the molecule is CCn1c(SCC(=O)N[C@H]2C[C@H]3CC[C@@H]2C3)nnc1C(C)C. The summed E-state index contributed by atoms with van der Waals surface area (Å²) in [5, 5.41) is 12.6. The predicted molar refractivity (Wildman–Crippen MR) is 87.9 cm³/mol. The van der Waals surface area contributed by atoms with E-state index in [-0.39, 0.29) is 5.91 Å². The molecule has 122 valence electrons. The minimum atomic E-state index is 0.138. The topological polar surface area (TPSA) is 59.8 Å². The van der Waals surface area contributed by atoms with Crippen LogP contribution in [0, 0.1) is 11.8 Å². The van der Waals surface area contributed by atoms with E-state index >= 15 is 0 Å². The van der Waals surface area contributed by atoms with Crippen molar-refractivity contribution < 1.29 is 4.79 Å². The van der Waals surface area contributed by atoms with Crippen LogP contribution in [0.1, 0.15) is 58.2 Å². The van der Waals surface area contributed by atoms with Crippen LogP contribution < -0.4 is 5.32 Å². The van der Waals surface area contributed by atoms with E-state index in [0.717, 1.165) is 29.4 Å². The van der Waals surface area contributed by atoms with Gasteiger partial charge in [-0.1, -0.05) is 32.0 Å². The van der Waals surface area contributed by atoms with E-state index in [4.69, 9.17) is 0 Å². The highest BCUT2D eigenvalue weighted by Gasteiger charge is 2.40. The predicted octanol–water partition coefficient (Wildman–Crippen LogP) is 2.82. The third-order valence-corrected chi connectivity index (χ3v) is 5.96. The van der Waals surface area contributed by atoms with Gasteiger partial charge in [-0.15, -0.1) is 10.2 Å². The zero-order valence-corrected chi connectivity index (χ0v) is 14.5. The van der Waals surface area contributed by atoms with E-state index in [2.05, 4.69) is 40.9 Å². The highest BCUT2D eigenvalue weighted by atomic mass is 32.2. The Kier molecular flexibility index (Phi) is 4.76. The molecule has 1 amide bonds. The number of hydrogen-bond acceptors (Lipinski definition) is 4. The van der Waals surface area contributed by atoms with Gasteiger partial charge in [0.1, 0.15) is 5.82 Å². The van der Waals surface area contributed by atoms with E-state index in [1.54, 1.807) is 0 Å². The first-order valence-electron chi connectivity index (χ1n) is 8.43. The third kappa shape index (κ3) is 3.16. The van der Waals surface area contributed by atoms with Crippen molar-refractivity contribution in [2.45, 2.75) is 70.1 Å². The monoisotopic (exact) mass is 322 g/mol. The summed E-state index contributed by atoms with van der Waals surface area (Å²) in [6.07, 6.45) is 5.16. The molecule has 2 aliphatic carbocycles. The van der Waals surface area contributed by atoms with Crippen molar-refractivity contribution in [1.82, 2.24) is 20.1 Å². The Morgan fingerprint density at radius 3 is 2.77 bits per heavy atom. The number of nitrogens with one attached hydrogen (secondary N) is 1. The van der Waals surface area contributed by atoms with E-state index in [1.807, 2.05) is 0 Å². The van der Waals surface area contributed by atoms with Crippen LogP contribution in [0.15, 0.2) is 5.16 Å². The van der Waals surface area contributed by atoms with Crippen molar-refractivity contribution in [2.24, 2.45) is 11.8 Å². The van der Waals surface area contributed by atoms with Crippen LogP contribution in [-0.4, -0.2) is 32.5 Å². The molecule has 1 heterocycles. The van der Waals surface area contributed by atoms with Crippen LogP contribution in [0.25, 0.3) is 0 Å². The van der Waals surface area contributed by atoms with E-state index in [9.17, 15) is 4.79 Å². The molecular weight excluding hydrogens is 296 g/mol. The van der Waals surface area contributed by atoms with Gasteiger partial charge in [-0.05, 0) is 38.0 Å². The summed E-state index contributed by atoms with van der Waals surface area (Å²) in [4.78, 5) is 12.2. The number of thioether (sulfide) groups is 1. The normalized spacial score (nSPS) is 26.8. The zero-order chi connectivity index (χ0) is 15.7. The first-order valence-corrected chi connectivity index (χ1v) is 9.42. The summed E-state index contributed by atoms with van der Waals surface area (Å²) in [7, 11) is 0. The lowest BCUT2D eigenvalue weighted by molar-refractivity contribution is -0.119. The molecule has 22 heavy (non-hydrogen) atoms. The lowest BCUT2D eigenvalue weighted by Crippen LogP contribution is -2.39. The van der Waals surface area contributed by atoms with Crippen LogP contribution in [0.4, 0.5) is 0 Å². The molecule has 0 radical (unpaired) electrons. The molecule has 2 saturated carbocycles. The number of amides is 1. The van der Waals surface area contributed by atoms with Gasteiger partial charge in [-0.2, -0.15) is 0 Å². The molecule has 5 nitrogen and oxygen atoms in total. The average Bonchev–Trinajstić information content (AvgIpc) is 3.19. The fraction of sp³-hybridized carbons (Fsp3) is 0.812. The summed E-state index contributed by atoms with van der Waals surface area (Å²) in [6.45, 7) is 7.17. The van der Waals surface area contributed by atoms with Crippen molar-refractivity contribution in [3.63, 3.8) is 0 Å². The molecule has 2 aliphatic rings. The fourth-order valence-corrected chi connectivity index (χ4v) is 4.75. The maximum Gasteiger partial charge on any atom is 0.230 e. The highest BCUT2D eigenvalue weighted by Crippen LogP contribution is 2.44. The van der Waals surface area contributed by atoms with Gasteiger partial charge in [-0.25, -0.2) is 0 Å². The first kappa shape index (κ1) is 15.8. The lowest BCUT2D eigenvalue weighted by Gasteiger charge is -2.22. The number of nitrogens with zero attached hydrogens (tertiary/aromatic N) is 3. The maximum absolute atomic E-state index is 12.2. The lowest BCUT2D eigenvalue weighted by atomic mass is 9.95. The Labute approximate surface area is 136 Å². The van der Waals surface area contributed by atoms with Gasteiger partial charge in [0.15, 0.2) is 5.16 Å². The number of fused-ring (bicyclic) bond motifs is 2. The van der Waals surface area contributed by atoms with Gasteiger partial charge in [0.05, 0.1) is 5.75 Å². The molecule has 0 spiro atoms. The summed E-state index contributed by atoms with van der Waals surface area (Å²) in [5.41, 5.74) is 0. The second kappa shape index (κ2) is 6.60. The standard InChI is InChI=1S/C16H26N4OS/c1-4-20-15(10(2)3)18-19-16(20)22-9-14(21)17-13-8-11-5-6-12(13)7-11/h10-13H,4-9H2,1-3H3,(H,17,21)/t11-,12+,13-/m0/s1. The Hall–Kier alpha value is -1.04. The minimum Gasteiger partial charge on any atom is -0.352 e. The van der Waals surface area contributed by atoms with Crippen LogP contribution in [0.5, 0.6) is 0 Å². The van der Waals surface area contributed by atoms with Crippen molar-refractivity contribution in [2.75, 3.05) is 5.75 Å². The summed E-state index contributed by atoms with van der Waals surface area (Å²) >= 11 is 1.50. The Bertz CT molecular complexity index is 542. The molecule has 1 aromatic heterocycles. The van der Waals surface area contributed by atoms with E-state index in [1.165, 1.54) is 37.4 Å². The fourth-order valence-electron chi connectivity index (χ4n) is 3.93. The van der Waals surface area contributed by atoms with Crippen LogP contribution in [-0.2, 0) is 11.3 Å². The van der Waals surface area contributed by atoms with Gasteiger partial charge < -0.3 is 9.88 Å². The molecule has 1 N–H and O–H groups in total. The van der Waals surface area contributed by atoms with Gasteiger partial charge in [0, 0.05) is 18.5 Å². The van der Waals surface area contributed by atoms with Crippen molar-refractivity contribution >= 4 is 17.7 Å². The molecule has 0 unspecified atom stereocenters. The number of carbonyl (C=O) groups is 1. The molecule has 0 aromatic carbocycles. The smallest absolute Gasteiger partial charge is 0.230 e. The molecule has 0 aliphatic heterocycles. The quantitative estimate of drug-likeness (QED) is 0.818. The van der Waals surface area contributed by atoms with E-state index in [0.29, 0.717) is 17.7 Å². The third-order valence-electron chi connectivity index (χ3n) is 4.99. The minimum absolute atomic E-state index is 0.138.